The Balaban J connectivity index is 1.89. The first-order valence-corrected chi connectivity index (χ1v) is 8.27. The number of nitrogen functional groups attached to an aromatic ring is 1. The van der Waals surface area contributed by atoms with Crippen LogP contribution in [0, 0.1) is 0 Å². The van der Waals surface area contributed by atoms with Crippen molar-refractivity contribution in [2.75, 3.05) is 5.73 Å². The number of pyridine rings is 1. The smallest absolute Gasteiger partial charge is 0.159 e. The number of rotatable bonds is 2. The molecule has 2 aromatic heterocycles. The molecule has 0 unspecified atom stereocenters. The van der Waals surface area contributed by atoms with Gasteiger partial charge < -0.3 is 5.73 Å². The van der Waals surface area contributed by atoms with Crippen LogP contribution in [0.3, 0.4) is 0 Å². The highest BCUT2D eigenvalue weighted by Crippen LogP contribution is 2.41. The number of carbonyl (C=O) groups excluding carboxylic acids is 1. The van der Waals surface area contributed by atoms with Crippen molar-refractivity contribution in [2.24, 2.45) is 0 Å². The zero-order chi connectivity index (χ0) is 15.3. The number of thiophene rings is 1. The summed E-state index contributed by atoms with van der Waals surface area (Å²) < 4.78 is 0. The fraction of sp³-hybridized carbons (Fsp3) is 0.222. The fourth-order valence-electron chi connectivity index (χ4n) is 3.10. The lowest BCUT2D eigenvalue weighted by molar-refractivity contribution is 0.101. The second-order valence-corrected chi connectivity index (χ2v) is 6.83. The van der Waals surface area contributed by atoms with Gasteiger partial charge in [-0.2, -0.15) is 0 Å². The molecule has 0 amide bonds. The van der Waals surface area contributed by atoms with Crippen LogP contribution in [-0.4, -0.2) is 10.8 Å². The molecule has 4 rings (SSSR count). The average Bonchev–Trinajstić information content (AvgIpc) is 3.10. The largest absolute Gasteiger partial charge is 0.390 e. The van der Waals surface area contributed by atoms with Gasteiger partial charge in [-0.15, -0.1) is 11.3 Å². The van der Waals surface area contributed by atoms with Crippen LogP contribution in [-0.2, 0) is 12.8 Å². The minimum absolute atomic E-state index is 0.0815. The zero-order valence-electron chi connectivity index (χ0n) is 12.3. The number of nitrogens with zero attached hydrogens (tertiary/aromatic N) is 1. The summed E-state index contributed by atoms with van der Waals surface area (Å²) in [5.41, 5.74) is 11.6. The summed E-state index contributed by atoms with van der Waals surface area (Å²) in [6.45, 7) is 1.58. The topological polar surface area (TPSA) is 56.0 Å². The lowest BCUT2D eigenvalue weighted by Crippen LogP contribution is -1.91. The number of anilines is 1. The fourth-order valence-corrected chi connectivity index (χ4v) is 4.09. The van der Waals surface area contributed by atoms with Gasteiger partial charge in [0.25, 0.3) is 0 Å². The summed E-state index contributed by atoms with van der Waals surface area (Å²) >= 11 is 1.58. The zero-order valence-corrected chi connectivity index (χ0v) is 13.2. The van der Waals surface area contributed by atoms with E-state index in [9.17, 15) is 4.79 Å². The number of Topliss-reactive ketones (excluding diaryl/α,β-unsaturated/α-hetero) is 1. The van der Waals surface area contributed by atoms with E-state index in [1.54, 1.807) is 18.3 Å². The van der Waals surface area contributed by atoms with Crippen molar-refractivity contribution in [3.05, 3.63) is 47.2 Å². The van der Waals surface area contributed by atoms with Crippen LogP contribution in [0.5, 0.6) is 0 Å². The highest BCUT2D eigenvalue weighted by molar-refractivity contribution is 7.21. The summed E-state index contributed by atoms with van der Waals surface area (Å²) in [5, 5.41) is 1.89. The minimum atomic E-state index is 0.0815. The van der Waals surface area contributed by atoms with Crippen molar-refractivity contribution in [3.8, 4) is 10.4 Å². The molecule has 1 aliphatic carbocycles. The van der Waals surface area contributed by atoms with Crippen molar-refractivity contribution in [3.63, 3.8) is 0 Å². The van der Waals surface area contributed by atoms with Crippen LogP contribution in [0.2, 0.25) is 0 Å². The van der Waals surface area contributed by atoms with E-state index < -0.39 is 0 Å². The van der Waals surface area contributed by atoms with E-state index in [1.807, 2.05) is 24.3 Å². The van der Waals surface area contributed by atoms with Gasteiger partial charge in [0.2, 0.25) is 0 Å². The molecule has 0 fully saturated rings. The van der Waals surface area contributed by atoms with Crippen LogP contribution in [0.1, 0.15) is 35.0 Å². The predicted octanol–water partition coefficient (Wildman–Crippen LogP) is 4.24. The number of ketones is 1. The van der Waals surface area contributed by atoms with Crippen LogP contribution in [0.15, 0.2) is 30.3 Å². The molecule has 0 saturated heterocycles. The Hall–Kier alpha value is -2.20. The van der Waals surface area contributed by atoms with Crippen LogP contribution < -0.4 is 5.73 Å². The van der Waals surface area contributed by atoms with Crippen LogP contribution in [0.4, 0.5) is 5.00 Å². The van der Waals surface area contributed by atoms with Crippen molar-refractivity contribution in [1.29, 1.82) is 0 Å². The molecule has 2 heterocycles. The summed E-state index contributed by atoms with van der Waals surface area (Å²) in [6.07, 6.45) is 3.35. The number of fused-ring (bicyclic) bond motifs is 2. The summed E-state index contributed by atoms with van der Waals surface area (Å²) in [6, 6.07) is 9.91. The van der Waals surface area contributed by atoms with Gasteiger partial charge in [0.05, 0.1) is 15.4 Å². The Labute approximate surface area is 132 Å². The predicted molar refractivity (Wildman–Crippen MR) is 91.5 cm³/mol. The molecule has 0 aliphatic heterocycles. The average molecular weight is 308 g/mol. The molecule has 1 aromatic carbocycles. The molecule has 22 heavy (non-hydrogen) atoms. The highest BCUT2D eigenvalue weighted by Gasteiger charge is 2.19. The molecule has 1 aliphatic rings. The number of nitrogens with two attached hydrogens (primary N) is 1. The summed E-state index contributed by atoms with van der Waals surface area (Å²) in [4.78, 5) is 17.4. The van der Waals surface area contributed by atoms with Crippen molar-refractivity contribution < 1.29 is 4.79 Å². The van der Waals surface area contributed by atoms with Gasteiger partial charge >= 0.3 is 0 Å². The third kappa shape index (κ3) is 2.03. The van der Waals surface area contributed by atoms with Gasteiger partial charge in [0.1, 0.15) is 0 Å². The first-order valence-electron chi connectivity index (χ1n) is 7.45. The molecule has 0 saturated carbocycles. The molecule has 0 bridgehead atoms. The van der Waals surface area contributed by atoms with Crippen molar-refractivity contribution >= 4 is 33.0 Å². The van der Waals surface area contributed by atoms with E-state index in [2.05, 4.69) is 6.07 Å². The monoisotopic (exact) mass is 308 g/mol. The quantitative estimate of drug-likeness (QED) is 0.720. The molecule has 0 spiro atoms. The third-order valence-corrected chi connectivity index (χ3v) is 5.37. The Morgan fingerprint density at radius 1 is 1.23 bits per heavy atom. The van der Waals surface area contributed by atoms with Gasteiger partial charge in [0, 0.05) is 16.6 Å². The Morgan fingerprint density at radius 3 is 2.73 bits per heavy atom. The maximum absolute atomic E-state index is 11.4. The number of carbonyl (C=O) groups is 1. The van der Waals surface area contributed by atoms with Gasteiger partial charge in [-0.05, 0) is 43.4 Å². The number of aromatic nitrogens is 1. The van der Waals surface area contributed by atoms with Crippen LogP contribution in [0.25, 0.3) is 21.3 Å². The van der Waals surface area contributed by atoms with Crippen LogP contribution >= 0.6 is 11.3 Å². The molecule has 110 valence electrons. The van der Waals surface area contributed by atoms with Gasteiger partial charge in [-0.1, -0.05) is 24.3 Å². The second-order valence-electron chi connectivity index (χ2n) is 5.77. The van der Waals surface area contributed by atoms with Crippen molar-refractivity contribution in [2.45, 2.75) is 26.2 Å². The van der Waals surface area contributed by atoms with E-state index >= 15 is 0 Å². The molecule has 3 aromatic rings. The number of hydrogen-bond donors (Lipinski definition) is 1. The van der Waals surface area contributed by atoms with E-state index in [1.165, 1.54) is 17.7 Å². The SMILES string of the molecule is CC(=O)c1ccc(-c2sc(N)c3cc4c(nc23)CCC4)cc1. The Bertz CT molecular complexity index is 894. The number of hydrogen-bond acceptors (Lipinski definition) is 4. The molecule has 0 radical (unpaired) electrons. The van der Waals surface area contributed by atoms with Gasteiger partial charge in [-0.25, -0.2) is 0 Å². The molecule has 3 nitrogen and oxygen atoms in total. The second kappa shape index (κ2) is 4.92. The summed E-state index contributed by atoms with van der Waals surface area (Å²) in [5.74, 6) is 0.0815. The van der Waals surface area contributed by atoms with Crippen molar-refractivity contribution in [1.82, 2.24) is 4.98 Å². The normalized spacial score (nSPS) is 13.5. The highest BCUT2D eigenvalue weighted by atomic mass is 32.1. The number of aryl methyl sites for hydroxylation is 2. The van der Waals surface area contributed by atoms with Gasteiger partial charge in [0.15, 0.2) is 5.78 Å². The third-order valence-electron chi connectivity index (χ3n) is 4.30. The standard InChI is InChI=1S/C18H16N2OS/c1-10(21)11-5-7-12(8-6-11)17-16-14(18(19)22-17)9-13-3-2-4-15(13)20-16/h5-9H,2-4,19H2,1H3. The maximum Gasteiger partial charge on any atom is 0.159 e. The summed E-state index contributed by atoms with van der Waals surface area (Å²) in [7, 11) is 0. The maximum atomic E-state index is 11.4. The van der Waals surface area contributed by atoms with E-state index in [4.69, 9.17) is 10.7 Å². The van der Waals surface area contributed by atoms with E-state index in [0.29, 0.717) is 0 Å². The lowest BCUT2D eigenvalue weighted by Gasteiger charge is -2.03. The molecular weight excluding hydrogens is 292 g/mol. The van der Waals surface area contributed by atoms with E-state index in [-0.39, 0.29) is 5.78 Å². The van der Waals surface area contributed by atoms with E-state index in [0.717, 1.165) is 44.7 Å². The molecular formula is C18H16N2OS. The minimum Gasteiger partial charge on any atom is -0.390 e. The molecule has 4 heteroatoms. The molecule has 0 atom stereocenters. The first kappa shape index (κ1) is 13.5. The lowest BCUT2D eigenvalue weighted by atomic mass is 10.1. The Kier molecular flexibility index (Phi) is 3.01. The van der Waals surface area contributed by atoms with Gasteiger partial charge in [-0.3, -0.25) is 9.78 Å². The Morgan fingerprint density at radius 2 is 2.00 bits per heavy atom. The molecule has 2 N–H and O–H groups in total. The first-order chi connectivity index (χ1) is 10.6. The number of benzene rings is 1.